The molecule has 2 aliphatic heterocycles. The second kappa shape index (κ2) is 8.85. The molecule has 8 heteroatoms. The topological polar surface area (TPSA) is 90.1 Å². The molecule has 1 saturated heterocycles. The molecule has 178 valence electrons. The number of aromatic nitrogens is 2. The number of benzene rings is 2. The van der Waals surface area contributed by atoms with Crippen molar-refractivity contribution < 1.29 is 9.59 Å². The Morgan fingerprint density at radius 3 is 2.94 bits per heavy atom. The van der Waals surface area contributed by atoms with Gasteiger partial charge in [-0.15, -0.1) is 0 Å². The third-order valence-electron chi connectivity index (χ3n) is 7.17. The summed E-state index contributed by atoms with van der Waals surface area (Å²) in [5, 5.41) is 10.9. The van der Waals surface area contributed by atoms with Crippen LogP contribution in [0.4, 0.5) is 5.69 Å². The Balaban J connectivity index is 1.14. The van der Waals surface area contributed by atoms with Crippen molar-refractivity contribution in [1.29, 1.82) is 0 Å². The molecule has 4 heterocycles. The molecule has 0 radical (unpaired) electrons. The highest BCUT2D eigenvalue weighted by molar-refractivity contribution is 7.08. The van der Waals surface area contributed by atoms with Crippen LogP contribution in [-0.4, -0.2) is 39.8 Å². The van der Waals surface area contributed by atoms with Crippen molar-refractivity contribution in [3.63, 3.8) is 0 Å². The average molecular weight is 486 g/mol. The fourth-order valence-corrected chi connectivity index (χ4v) is 6.29. The first-order valence-electron chi connectivity index (χ1n) is 12.0. The number of aryl methyl sites for hydroxylation is 1. The van der Waals surface area contributed by atoms with Crippen LogP contribution in [0.25, 0.3) is 11.0 Å². The smallest absolute Gasteiger partial charge is 0.251 e. The number of likely N-dealkylation sites (tertiary alicyclic amines) is 1. The Morgan fingerprint density at radius 1 is 1.20 bits per heavy atom. The number of nitrogens with one attached hydrogen (secondary N) is 3. The standard InChI is InChI=1S/C27H27N5O2S/c1-16-29-22-7-6-17(14-23(22)30-16)27(34)28-11-8-24(33)32-12-9-20-25(18-10-13-35-15-18)31-21-5-3-2-4-19(21)26(20)32/h2-7,10,13-15,20,25-26,31H,8-9,11-12H2,1H3,(H,28,34)(H,29,30)/t20-,25+,26+/m1/s1. The number of imidazole rings is 1. The summed E-state index contributed by atoms with van der Waals surface area (Å²) in [6, 6.07) is 16.1. The summed E-state index contributed by atoms with van der Waals surface area (Å²) >= 11 is 1.70. The quantitative estimate of drug-likeness (QED) is 0.378. The number of para-hydroxylation sites is 1. The third-order valence-corrected chi connectivity index (χ3v) is 7.87. The van der Waals surface area contributed by atoms with Crippen LogP contribution in [0.15, 0.2) is 59.3 Å². The van der Waals surface area contributed by atoms with Crippen molar-refractivity contribution in [2.75, 3.05) is 18.4 Å². The zero-order valence-corrected chi connectivity index (χ0v) is 20.3. The summed E-state index contributed by atoms with van der Waals surface area (Å²) in [6.07, 6.45) is 1.23. The fraction of sp³-hybridized carbons (Fsp3) is 0.296. The van der Waals surface area contributed by atoms with Crippen LogP contribution >= 0.6 is 11.3 Å². The maximum Gasteiger partial charge on any atom is 0.251 e. The van der Waals surface area contributed by atoms with Crippen LogP contribution < -0.4 is 10.6 Å². The average Bonchev–Trinajstić information content (AvgIpc) is 3.62. The normalized spacial score (nSPS) is 20.8. The number of thiophene rings is 1. The van der Waals surface area contributed by atoms with Gasteiger partial charge < -0.3 is 20.5 Å². The van der Waals surface area contributed by atoms with E-state index in [2.05, 4.69) is 49.6 Å². The van der Waals surface area contributed by atoms with E-state index in [0.717, 1.165) is 35.5 Å². The molecular weight excluding hydrogens is 458 g/mol. The van der Waals surface area contributed by atoms with Gasteiger partial charge in [0.25, 0.3) is 5.91 Å². The number of anilines is 1. The number of carbonyl (C=O) groups is 2. The lowest BCUT2D eigenvalue weighted by atomic mass is 9.80. The van der Waals surface area contributed by atoms with Crippen molar-refractivity contribution in [2.45, 2.75) is 31.8 Å². The van der Waals surface area contributed by atoms with Crippen molar-refractivity contribution in [1.82, 2.24) is 20.2 Å². The Labute approximate surface area is 207 Å². The minimum absolute atomic E-state index is 0.0478. The van der Waals surface area contributed by atoms with Gasteiger partial charge in [0, 0.05) is 36.7 Å². The summed E-state index contributed by atoms with van der Waals surface area (Å²) in [5.41, 5.74) is 5.79. The van der Waals surface area contributed by atoms with E-state index in [1.807, 2.05) is 30.0 Å². The maximum absolute atomic E-state index is 13.3. The van der Waals surface area contributed by atoms with Gasteiger partial charge >= 0.3 is 0 Å². The number of nitrogens with zero attached hydrogens (tertiary/aromatic N) is 2. The number of fused-ring (bicyclic) bond motifs is 4. The zero-order chi connectivity index (χ0) is 23.9. The van der Waals surface area contributed by atoms with E-state index in [9.17, 15) is 9.59 Å². The van der Waals surface area contributed by atoms with Gasteiger partial charge in [0.05, 0.1) is 23.1 Å². The predicted molar refractivity (Wildman–Crippen MR) is 137 cm³/mol. The lowest BCUT2D eigenvalue weighted by molar-refractivity contribution is -0.132. The Hall–Kier alpha value is -3.65. The monoisotopic (exact) mass is 485 g/mol. The molecule has 2 aliphatic rings. The van der Waals surface area contributed by atoms with E-state index in [0.29, 0.717) is 18.0 Å². The minimum atomic E-state index is -0.184. The minimum Gasteiger partial charge on any atom is -0.378 e. The van der Waals surface area contributed by atoms with Crippen LogP contribution in [-0.2, 0) is 4.79 Å². The number of amides is 2. The number of H-pyrrole nitrogens is 1. The van der Waals surface area contributed by atoms with Gasteiger partial charge in [0.15, 0.2) is 0 Å². The SMILES string of the molecule is Cc1nc2ccc(C(=O)NCCC(=O)N3CC[C@@H]4[C@H](c5ccsc5)Nc5ccccc5[C@@H]43)cc2[nH]1. The van der Waals surface area contributed by atoms with E-state index in [1.165, 1.54) is 11.1 Å². The molecule has 35 heavy (non-hydrogen) atoms. The van der Waals surface area contributed by atoms with Crippen molar-refractivity contribution in [3.8, 4) is 0 Å². The molecule has 6 rings (SSSR count). The lowest BCUT2D eigenvalue weighted by Gasteiger charge is -2.39. The molecule has 2 aromatic carbocycles. The molecule has 7 nitrogen and oxygen atoms in total. The van der Waals surface area contributed by atoms with E-state index in [4.69, 9.17) is 0 Å². The summed E-state index contributed by atoms with van der Waals surface area (Å²) in [6.45, 7) is 2.92. The van der Waals surface area contributed by atoms with Gasteiger partial charge in [-0.05, 0) is 65.6 Å². The first kappa shape index (κ1) is 21.9. The van der Waals surface area contributed by atoms with Gasteiger partial charge in [-0.1, -0.05) is 18.2 Å². The summed E-state index contributed by atoms with van der Waals surface area (Å²) in [5.74, 6) is 1.03. The zero-order valence-electron chi connectivity index (χ0n) is 19.5. The highest BCUT2D eigenvalue weighted by Crippen LogP contribution is 2.51. The molecule has 0 saturated carbocycles. The van der Waals surface area contributed by atoms with E-state index >= 15 is 0 Å². The molecule has 0 aliphatic carbocycles. The summed E-state index contributed by atoms with van der Waals surface area (Å²) in [4.78, 5) is 35.6. The Kier molecular flexibility index (Phi) is 5.53. The van der Waals surface area contributed by atoms with Crippen LogP contribution in [0.1, 0.15) is 52.2 Å². The van der Waals surface area contributed by atoms with E-state index < -0.39 is 0 Å². The first-order chi connectivity index (χ1) is 17.1. The van der Waals surface area contributed by atoms with Gasteiger partial charge in [0.2, 0.25) is 5.91 Å². The molecule has 2 amide bonds. The molecule has 4 aromatic rings. The van der Waals surface area contributed by atoms with Gasteiger partial charge in [-0.3, -0.25) is 9.59 Å². The van der Waals surface area contributed by atoms with Crippen LogP contribution in [0.5, 0.6) is 0 Å². The highest BCUT2D eigenvalue weighted by Gasteiger charge is 2.46. The number of carbonyl (C=O) groups excluding carboxylic acids is 2. The van der Waals surface area contributed by atoms with Crippen LogP contribution in [0.2, 0.25) is 0 Å². The molecule has 1 fully saturated rings. The second-order valence-electron chi connectivity index (χ2n) is 9.31. The number of hydrogen-bond acceptors (Lipinski definition) is 5. The molecule has 0 spiro atoms. The fourth-order valence-electron chi connectivity index (χ4n) is 5.59. The molecule has 0 unspecified atom stereocenters. The van der Waals surface area contributed by atoms with Crippen LogP contribution in [0.3, 0.4) is 0 Å². The van der Waals surface area contributed by atoms with Gasteiger partial charge in [-0.25, -0.2) is 4.98 Å². The second-order valence-corrected chi connectivity index (χ2v) is 10.1. The first-order valence-corrected chi connectivity index (χ1v) is 12.9. The van der Waals surface area contributed by atoms with E-state index in [-0.39, 0.29) is 30.3 Å². The van der Waals surface area contributed by atoms with Crippen molar-refractivity contribution in [2.24, 2.45) is 5.92 Å². The molecular formula is C27H27N5O2S. The number of aromatic amines is 1. The lowest BCUT2D eigenvalue weighted by Crippen LogP contribution is -2.38. The van der Waals surface area contributed by atoms with E-state index in [1.54, 1.807) is 23.5 Å². The van der Waals surface area contributed by atoms with Crippen molar-refractivity contribution >= 4 is 39.9 Å². The molecule has 2 aromatic heterocycles. The number of hydrogen-bond donors (Lipinski definition) is 3. The maximum atomic E-state index is 13.3. The molecule has 3 N–H and O–H groups in total. The largest absolute Gasteiger partial charge is 0.378 e. The Morgan fingerprint density at radius 2 is 2.09 bits per heavy atom. The number of rotatable bonds is 5. The predicted octanol–water partition coefficient (Wildman–Crippen LogP) is 4.81. The Bertz CT molecular complexity index is 1400. The van der Waals surface area contributed by atoms with Crippen molar-refractivity contribution in [3.05, 3.63) is 81.8 Å². The summed E-state index contributed by atoms with van der Waals surface area (Å²) in [7, 11) is 0. The molecule has 3 atom stereocenters. The van der Waals surface area contributed by atoms with Gasteiger partial charge in [-0.2, -0.15) is 11.3 Å². The van der Waals surface area contributed by atoms with Crippen LogP contribution in [0, 0.1) is 12.8 Å². The third kappa shape index (κ3) is 3.97. The highest BCUT2D eigenvalue weighted by atomic mass is 32.1. The van der Waals surface area contributed by atoms with Gasteiger partial charge in [0.1, 0.15) is 5.82 Å². The summed E-state index contributed by atoms with van der Waals surface area (Å²) < 4.78 is 0. The molecule has 0 bridgehead atoms.